The second kappa shape index (κ2) is 6.97. The molecular weight excluding hydrogens is 214 g/mol. The highest BCUT2D eigenvalue weighted by Gasteiger charge is 2.26. The molecule has 100 valence electrons. The first-order valence-corrected chi connectivity index (χ1v) is 6.79. The molecule has 1 rings (SSSR count). The summed E-state index contributed by atoms with van der Waals surface area (Å²) in [7, 11) is 1.92. The SMILES string of the molecule is CCN1CCCC1CN(C)C(=O)C(C)CCN. The van der Waals surface area contributed by atoms with Crippen molar-refractivity contribution in [3.63, 3.8) is 0 Å². The number of rotatable bonds is 6. The molecule has 1 aliphatic rings. The van der Waals surface area contributed by atoms with Crippen molar-refractivity contribution in [2.45, 2.75) is 39.2 Å². The van der Waals surface area contributed by atoms with Crippen LogP contribution in [0.5, 0.6) is 0 Å². The van der Waals surface area contributed by atoms with E-state index in [4.69, 9.17) is 5.73 Å². The van der Waals surface area contributed by atoms with Crippen LogP contribution < -0.4 is 5.73 Å². The lowest BCUT2D eigenvalue weighted by molar-refractivity contribution is -0.134. The largest absolute Gasteiger partial charge is 0.344 e. The molecule has 1 fully saturated rings. The van der Waals surface area contributed by atoms with E-state index < -0.39 is 0 Å². The summed E-state index contributed by atoms with van der Waals surface area (Å²) >= 11 is 0. The molecular formula is C13H27N3O. The fourth-order valence-corrected chi connectivity index (χ4v) is 2.67. The normalized spacial score (nSPS) is 22.7. The summed E-state index contributed by atoms with van der Waals surface area (Å²) < 4.78 is 0. The molecule has 1 heterocycles. The molecule has 1 aliphatic heterocycles. The molecule has 4 nitrogen and oxygen atoms in total. The summed E-state index contributed by atoms with van der Waals surface area (Å²) in [6.07, 6.45) is 3.26. The first-order valence-electron chi connectivity index (χ1n) is 6.79. The van der Waals surface area contributed by atoms with Crippen molar-refractivity contribution >= 4 is 5.91 Å². The lowest BCUT2D eigenvalue weighted by atomic mass is 10.1. The van der Waals surface area contributed by atoms with E-state index >= 15 is 0 Å². The van der Waals surface area contributed by atoms with Crippen molar-refractivity contribution in [3.05, 3.63) is 0 Å². The van der Waals surface area contributed by atoms with Gasteiger partial charge in [-0.05, 0) is 38.9 Å². The van der Waals surface area contributed by atoms with E-state index in [1.54, 1.807) is 0 Å². The predicted molar refractivity (Wildman–Crippen MR) is 70.7 cm³/mol. The van der Waals surface area contributed by atoms with E-state index in [2.05, 4.69) is 11.8 Å². The molecule has 0 saturated carbocycles. The zero-order chi connectivity index (χ0) is 12.8. The number of hydrogen-bond acceptors (Lipinski definition) is 3. The highest BCUT2D eigenvalue weighted by atomic mass is 16.2. The van der Waals surface area contributed by atoms with Gasteiger partial charge in [0.15, 0.2) is 0 Å². The van der Waals surface area contributed by atoms with E-state index in [1.165, 1.54) is 19.4 Å². The highest BCUT2D eigenvalue weighted by Crippen LogP contribution is 2.18. The zero-order valence-electron chi connectivity index (χ0n) is 11.5. The molecule has 0 aliphatic carbocycles. The summed E-state index contributed by atoms with van der Waals surface area (Å²) in [6, 6.07) is 0.555. The fourth-order valence-electron chi connectivity index (χ4n) is 2.67. The Balaban J connectivity index is 2.42. The molecule has 0 aromatic rings. The van der Waals surface area contributed by atoms with Gasteiger partial charge in [0, 0.05) is 25.6 Å². The van der Waals surface area contributed by atoms with Gasteiger partial charge >= 0.3 is 0 Å². The molecule has 0 aromatic carbocycles. The van der Waals surface area contributed by atoms with Gasteiger partial charge in [-0.25, -0.2) is 0 Å². The van der Waals surface area contributed by atoms with Crippen molar-refractivity contribution < 1.29 is 4.79 Å². The Morgan fingerprint density at radius 3 is 2.88 bits per heavy atom. The maximum atomic E-state index is 12.1. The Morgan fingerprint density at radius 2 is 2.29 bits per heavy atom. The number of nitrogens with zero attached hydrogens (tertiary/aromatic N) is 2. The third-order valence-electron chi connectivity index (χ3n) is 3.79. The van der Waals surface area contributed by atoms with Gasteiger partial charge in [-0.2, -0.15) is 0 Å². The quantitative estimate of drug-likeness (QED) is 0.752. The average molecular weight is 241 g/mol. The summed E-state index contributed by atoms with van der Waals surface area (Å²) in [5.74, 6) is 0.292. The van der Waals surface area contributed by atoms with E-state index in [9.17, 15) is 4.79 Å². The lowest BCUT2D eigenvalue weighted by Gasteiger charge is -2.29. The number of hydrogen-bond donors (Lipinski definition) is 1. The van der Waals surface area contributed by atoms with Crippen molar-refractivity contribution in [1.82, 2.24) is 9.80 Å². The third-order valence-corrected chi connectivity index (χ3v) is 3.79. The minimum atomic E-state index is 0.0569. The molecule has 0 aromatic heterocycles. The summed E-state index contributed by atoms with van der Waals surface area (Å²) in [5.41, 5.74) is 5.50. The van der Waals surface area contributed by atoms with Gasteiger partial charge in [0.05, 0.1) is 0 Å². The highest BCUT2D eigenvalue weighted by molar-refractivity contribution is 5.78. The Morgan fingerprint density at radius 1 is 1.59 bits per heavy atom. The monoisotopic (exact) mass is 241 g/mol. The molecule has 1 saturated heterocycles. The zero-order valence-corrected chi connectivity index (χ0v) is 11.5. The topological polar surface area (TPSA) is 49.6 Å². The van der Waals surface area contributed by atoms with Crippen molar-refractivity contribution in [1.29, 1.82) is 0 Å². The van der Waals surface area contributed by atoms with Crippen molar-refractivity contribution in [2.75, 3.05) is 33.2 Å². The number of carbonyl (C=O) groups is 1. The van der Waals surface area contributed by atoms with Gasteiger partial charge in [-0.15, -0.1) is 0 Å². The molecule has 17 heavy (non-hydrogen) atoms. The van der Waals surface area contributed by atoms with E-state index in [0.717, 1.165) is 19.5 Å². The first-order chi connectivity index (χ1) is 8.10. The molecule has 0 radical (unpaired) electrons. The standard InChI is InChI=1S/C13H27N3O/c1-4-16-9-5-6-12(16)10-15(3)13(17)11(2)7-8-14/h11-12H,4-10,14H2,1-3H3. The van der Waals surface area contributed by atoms with Crippen LogP contribution >= 0.6 is 0 Å². The third kappa shape index (κ3) is 3.96. The fraction of sp³-hybridized carbons (Fsp3) is 0.923. The number of nitrogens with two attached hydrogens (primary N) is 1. The van der Waals surface area contributed by atoms with Crippen LogP contribution in [0, 0.1) is 5.92 Å². The minimum absolute atomic E-state index is 0.0569. The maximum absolute atomic E-state index is 12.1. The van der Waals surface area contributed by atoms with E-state index in [-0.39, 0.29) is 11.8 Å². The van der Waals surface area contributed by atoms with Crippen LogP contribution in [0.25, 0.3) is 0 Å². The smallest absolute Gasteiger partial charge is 0.225 e. The molecule has 2 N–H and O–H groups in total. The summed E-state index contributed by atoms with van der Waals surface area (Å²) in [4.78, 5) is 16.4. The molecule has 2 atom stereocenters. The Hall–Kier alpha value is -0.610. The van der Waals surface area contributed by atoms with E-state index in [0.29, 0.717) is 12.6 Å². The molecule has 4 heteroatoms. The van der Waals surface area contributed by atoms with Gasteiger partial charge in [0.25, 0.3) is 0 Å². The van der Waals surface area contributed by atoms with Crippen LogP contribution in [0.1, 0.15) is 33.1 Å². The van der Waals surface area contributed by atoms with Gasteiger partial charge < -0.3 is 10.6 Å². The van der Waals surface area contributed by atoms with Gasteiger partial charge in [-0.1, -0.05) is 13.8 Å². The minimum Gasteiger partial charge on any atom is -0.344 e. The Labute approximate surface area is 105 Å². The van der Waals surface area contributed by atoms with Gasteiger partial charge in [0.2, 0.25) is 5.91 Å². The lowest BCUT2D eigenvalue weighted by Crippen LogP contribution is -2.43. The van der Waals surface area contributed by atoms with Gasteiger partial charge in [0.1, 0.15) is 0 Å². The van der Waals surface area contributed by atoms with Crippen molar-refractivity contribution in [2.24, 2.45) is 11.7 Å². The molecule has 0 spiro atoms. The van der Waals surface area contributed by atoms with Crippen molar-refractivity contribution in [3.8, 4) is 0 Å². The number of carbonyl (C=O) groups excluding carboxylic acids is 1. The Bertz CT molecular complexity index is 245. The van der Waals surface area contributed by atoms with Crippen LogP contribution in [0.2, 0.25) is 0 Å². The first kappa shape index (κ1) is 14.5. The van der Waals surface area contributed by atoms with Crippen LogP contribution in [0.3, 0.4) is 0 Å². The molecule has 1 amide bonds. The predicted octanol–water partition coefficient (Wildman–Crippen LogP) is 0.914. The average Bonchev–Trinajstić information content (AvgIpc) is 2.75. The summed E-state index contributed by atoms with van der Waals surface area (Å²) in [6.45, 7) is 7.88. The van der Waals surface area contributed by atoms with Crippen LogP contribution in [-0.2, 0) is 4.79 Å². The maximum Gasteiger partial charge on any atom is 0.225 e. The van der Waals surface area contributed by atoms with Gasteiger partial charge in [-0.3, -0.25) is 9.69 Å². The molecule has 0 bridgehead atoms. The van der Waals surface area contributed by atoms with Crippen LogP contribution in [-0.4, -0.2) is 55.0 Å². The second-order valence-corrected chi connectivity index (χ2v) is 5.12. The Kier molecular flexibility index (Phi) is 5.92. The van der Waals surface area contributed by atoms with Crippen LogP contribution in [0.15, 0.2) is 0 Å². The second-order valence-electron chi connectivity index (χ2n) is 5.12. The number of amides is 1. The number of likely N-dealkylation sites (tertiary alicyclic amines) is 1. The number of likely N-dealkylation sites (N-methyl/N-ethyl adjacent to an activating group) is 2. The summed E-state index contributed by atoms with van der Waals surface area (Å²) in [5, 5.41) is 0. The van der Waals surface area contributed by atoms with Crippen LogP contribution in [0.4, 0.5) is 0 Å². The molecule has 2 unspecified atom stereocenters. The van der Waals surface area contributed by atoms with E-state index in [1.807, 2.05) is 18.9 Å².